The van der Waals surface area contributed by atoms with Gasteiger partial charge in [-0.25, -0.2) is 0 Å². The van der Waals surface area contributed by atoms with Gasteiger partial charge in [-0.1, -0.05) is 6.92 Å². The van der Waals surface area contributed by atoms with Crippen molar-refractivity contribution in [3.63, 3.8) is 0 Å². The fourth-order valence-corrected chi connectivity index (χ4v) is 7.30. The SMILES string of the molecule is CCCNC(c1cc(Br)c(Br)s1)C1C2C3CCC(C3)C21. The van der Waals surface area contributed by atoms with Gasteiger partial charge in [0.15, 0.2) is 0 Å². The van der Waals surface area contributed by atoms with Crippen molar-refractivity contribution >= 4 is 43.2 Å². The van der Waals surface area contributed by atoms with Crippen LogP contribution in [0.1, 0.15) is 43.5 Å². The minimum Gasteiger partial charge on any atom is -0.309 e. The molecule has 2 bridgehead atoms. The number of rotatable bonds is 5. The van der Waals surface area contributed by atoms with Gasteiger partial charge in [0.1, 0.15) is 0 Å². The molecule has 4 heteroatoms. The maximum Gasteiger partial charge on any atom is 0.0843 e. The van der Waals surface area contributed by atoms with Gasteiger partial charge in [0.25, 0.3) is 0 Å². The summed E-state index contributed by atoms with van der Waals surface area (Å²) in [5.74, 6) is 5.14. The number of hydrogen-bond acceptors (Lipinski definition) is 2. The Balaban J connectivity index is 1.57. The summed E-state index contributed by atoms with van der Waals surface area (Å²) in [5.41, 5.74) is 0. The van der Waals surface area contributed by atoms with Crippen LogP contribution in [0, 0.1) is 29.6 Å². The van der Waals surface area contributed by atoms with E-state index in [-0.39, 0.29) is 0 Å². The first-order chi connectivity index (χ1) is 9.70. The second kappa shape index (κ2) is 5.36. The Hall–Kier alpha value is 0.620. The maximum absolute atomic E-state index is 3.85. The van der Waals surface area contributed by atoms with Crippen molar-refractivity contribution in [3.8, 4) is 0 Å². The third-order valence-electron chi connectivity index (χ3n) is 5.76. The lowest BCUT2D eigenvalue weighted by Crippen LogP contribution is -2.25. The molecule has 110 valence electrons. The van der Waals surface area contributed by atoms with Gasteiger partial charge in [-0.3, -0.25) is 0 Å². The summed E-state index contributed by atoms with van der Waals surface area (Å²) < 4.78 is 2.46. The van der Waals surface area contributed by atoms with Crippen molar-refractivity contribution in [2.45, 2.75) is 38.6 Å². The average Bonchev–Trinajstić information content (AvgIpc) is 2.74. The molecular formula is C16H21Br2NS. The van der Waals surface area contributed by atoms with E-state index in [0.717, 1.165) is 36.1 Å². The zero-order valence-corrected chi connectivity index (χ0v) is 15.7. The van der Waals surface area contributed by atoms with Crippen molar-refractivity contribution in [1.82, 2.24) is 5.32 Å². The Kier molecular flexibility index (Phi) is 3.81. The third kappa shape index (κ3) is 2.17. The van der Waals surface area contributed by atoms with Crippen molar-refractivity contribution in [3.05, 3.63) is 19.2 Å². The van der Waals surface area contributed by atoms with Crippen molar-refractivity contribution in [2.24, 2.45) is 29.6 Å². The van der Waals surface area contributed by atoms with E-state index in [2.05, 4.69) is 50.2 Å². The summed E-state index contributed by atoms with van der Waals surface area (Å²) in [6, 6.07) is 2.93. The number of thiophene rings is 1. The molecule has 3 fully saturated rings. The lowest BCUT2D eigenvalue weighted by atomic mass is 9.96. The molecule has 20 heavy (non-hydrogen) atoms. The summed E-state index contributed by atoms with van der Waals surface area (Å²) in [5, 5.41) is 3.85. The van der Waals surface area contributed by atoms with Crippen LogP contribution in [0.5, 0.6) is 0 Å². The van der Waals surface area contributed by atoms with E-state index in [1.54, 1.807) is 6.42 Å². The first-order valence-electron chi connectivity index (χ1n) is 7.88. The lowest BCUT2D eigenvalue weighted by molar-refractivity contribution is 0.373. The standard InChI is InChI=1S/C16H21Br2NS/c1-2-5-19-15(11-7-10(17)16(18)20-11)14-12-8-3-4-9(6-8)13(12)14/h7-9,12-15,19H,2-6H2,1H3. The molecular weight excluding hydrogens is 398 g/mol. The molecule has 1 aromatic heterocycles. The summed E-state index contributed by atoms with van der Waals surface area (Å²) in [6.45, 7) is 3.41. The molecule has 0 aliphatic heterocycles. The number of fused-ring (bicyclic) bond motifs is 5. The molecule has 1 N–H and O–H groups in total. The number of halogens is 2. The number of nitrogens with one attached hydrogen (secondary N) is 1. The molecule has 0 amide bonds. The van der Waals surface area contributed by atoms with Gasteiger partial charge in [-0.15, -0.1) is 11.3 Å². The van der Waals surface area contributed by atoms with Gasteiger partial charge in [0, 0.05) is 15.4 Å². The fraction of sp³-hybridized carbons (Fsp3) is 0.750. The van der Waals surface area contributed by atoms with Gasteiger partial charge in [0.05, 0.1) is 3.79 Å². The van der Waals surface area contributed by atoms with Crippen molar-refractivity contribution in [2.75, 3.05) is 6.54 Å². The van der Waals surface area contributed by atoms with E-state index in [4.69, 9.17) is 0 Å². The van der Waals surface area contributed by atoms with Gasteiger partial charge in [-0.2, -0.15) is 0 Å². The Labute approximate surface area is 142 Å². The zero-order valence-electron chi connectivity index (χ0n) is 11.7. The van der Waals surface area contributed by atoms with E-state index < -0.39 is 0 Å². The highest BCUT2D eigenvalue weighted by Gasteiger charge is 2.66. The van der Waals surface area contributed by atoms with Crippen molar-refractivity contribution < 1.29 is 0 Å². The van der Waals surface area contributed by atoms with Gasteiger partial charge in [-0.05, 0) is 99.7 Å². The lowest BCUT2D eigenvalue weighted by Gasteiger charge is -2.20. The maximum atomic E-state index is 3.85. The monoisotopic (exact) mass is 417 g/mol. The Morgan fingerprint density at radius 2 is 2.00 bits per heavy atom. The van der Waals surface area contributed by atoms with E-state index in [0.29, 0.717) is 6.04 Å². The molecule has 1 aromatic rings. The topological polar surface area (TPSA) is 12.0 Å². The molecule has 0 radical (unpaired) electrons. The molecule has 0 saturated heterocycles. The van der Waals surface area contributed by atoms with Crippen LogP contribution in [0.4, 0.5) is 0 Å². The Morgan fingerprint density at radius 3 is 2.55 bits per heavy atom. The normalized spacial score (nSPS) is 39.0. The van der Waals surface area contributed by atoms with Crippen LogP contribution in [-0.2, 0) is 0 Å². The van der Waals surface area contributed by atoms with Gasteiger partial charge in [0.2, 0.25) is 0 Å². The van der Waals surface area contributed by atoms with E-state index in [1.807, 2.05) is 11.3 Å². The predicted molar refractivity (Wildman–Crippen MR) is 92.1 cm³/mol. The minimum atomic E-state index is 0.598. The highest BCUT2D eigenvalue weighted by atomic mass is 79.9. The van der Waals surface area contributed by atoms with Gasteiger partial charge >= 0.3 is 0 Å². The first-order valence-corrected chi connectivity index (χ1v) is 10.3. The van der Waals surface area contributed by atoms with Crippen LogP contribution >= 0.6 is 43.2 Å². The highest BCUT2D eigenvalue weighted by Crippen LogP contribution is 2.72. The molecule has 3 aliphatic carbocycles. The largest absolute Gasteiger partial charge is 0.309 e. The Morgan fingerprint density at radius 1 is 1.30 bits per heavy atom. The molecule has 3 saturated carbocycles. The number of hydrogen-bond donors (Lipinski definition) is 1. The summed E-state index contributed by atoms with van der Waals surface area (Å²) in [7, 11) is 0. The van der Waals surface area contributed by atoms with E-state index >= 15 is 0 Å². The summed E-state index contributed by atoms with van der Waals surface area (Å²) >= 11 is 9.23. The summed E-state index contributed by atoms with van der Waals surface area (Å²) in [4.78, 5) is 1.52. The molecule has 0 aromatic carbocycles. The first kappa shape index (κ1) is 14.2. The second-order valence-corrected chi connectivity index (χ2v) is 10.0. The third-order valence-corrected chi connectivity index (χ3v) is 9.10. The van der Waals surface area contributed by atoms with Crippen LogP contribution in [0.2, 0.25) is 0 Å². The molecule has 1 nitrogen and oxygen atoms in total. The van der Waals surface area contributed by atoms with E-state index in [1.165, 1.54) is 32.4 Å². The summed E-state index contributed by atoms with van der Waals surface area (Å²) in [6.07, 6.45) is 5.80. The molecule has 0 spiro atoms. The van der Waals surface area contributed by atoms with Crippen LogP contribution < -0.4 is 5.32 Å². The smallest absolute Gasteiger partial charge is 0.0843 e. The second-order valence-electron chi connectivity index (χ2n) is 6.77. The van der Waals surface area contributed by atoms with Crippen LogP contribution in [0.15, 0.2) is 14.3 Å². The van der Waals surface area contributed by atoms with Crippen molar-refractivity contribution in [1.29, 1.82) is 0 Å². The predicted octanol–water partition coefficient (Wildman–Crippen LogP) is 5.61. The Bertz CT molecular complexity index is 479. The quantitative estimate of drug-likeness (QED) is 0.655. The van der Waals surface area contributed by atoms with E-state index in [9.17, 15) is 0 Å². The molecule has 5 unspecified atom stereocenters. The van der Waals surface area contributed by atoms with Gasteiger partial charge < -0.3 is 5.32 Å². The zero-order chi connectivity index (χ0) is 13.9. The fourth-order valence-electron chi connectivity index (χ4n) is 5.08. The highest BCUT2D eigenvalue weighted by molar-refractivity contribution is 9.13. The molecule has 3 aliphatic rings. The van der Waals surface area contributed by atoms with Crippen LogP contribution in [-0.4, -0.2) is 6.54 Å². The molecule has 4 rings (SSSR count). The van der Waals surface area contributed by atoms with Crippen LogP contribution in [0.3, 0.4) is 0 Å². The molecule has 5 atom stereocenters. The molecule has 1 heterocycles. The minimum absolute atomic E-state index is 0.598. The average molecular weight is 419 g/mol. The van der Waals surface area contributed by atoms with Crippen LogP contribution in [0.25, 0.3) is 0 Å².